The Balaban J connectivity index is 1.65. The highest BCUT2D eigenvalue weighted by Crippen LogP contribution is 2.43. The molecule has 0 bridgehead atoms. The number of carbonyl (C=O) groups excluding carboxylic acids is 2. The summed E-state index contributed by atoms with van der Waals surface area (Å²) in [5.74, 6) is -0.505. The molecule has 2 aliphatic heterocycles. The van der Waals surface area contributed by atoms with Gasteiger partial charge in [-0.2, -0.15) is 0 Å². The van der Waals surface area contributed by atoms with Crippen LogP contribution < -0.4 is 10.2 Å². The molecule has 2 heterocycles. The number of hydrogen-bond acceptors (Lipinski definition) is 3. The predicted octanol–water partition coefficient (Wildman–Crippen LogP) is 4.95. The van der Waals surface area contributed by atoms with Gasteiger partial charge in [0.05, 0.1) is 6.54 Å². The second kappa shape index (κ2) is 7.52. The Morgan fingerprint density at radius 3 is 2.65 bits per heavy atom. The number of benzene rings is 2. The first-order valence-electron chi connectivity index (χ1n) is 10.5. The van der Waals surface area contributed by atoms with E-state index >= 15 is 0 Å². The van der Waals surface area contributed by atoms with Gasteiger partial charge in [-0.3, -0.25) is 9.69 Å². The van der Waals surface area contributed by atoms with E-state index in [2.05, 4.69) is 50.2 Å². The molecule has 1 atom stereocenters. The number of nitrogens with zero attached hydrogens (tertiary/aromatic N) is 2. The summed E-state index contributed by atoms with van der Waals surface area (Å²) in [5, 5.41) is 2.65. The molecule has 2 aromatic carbocycles. The van der Waals surface area contributed by atoms with E-state index in [4.69, 9.17) is 0 Å². The fourth-order valence-corrected chi connectivity index (χ4v) is 4.56. The van der Waals surface area contributed by atoms with Gasteiger partial charge in [0, 0.05) is 23.8 Å². The molecular weight excluding hydrogens is 393 g/mol. The standard InChI is InChI=1S/C25H28FN3O2/c1-15-10-22-19(16(2)13-25(3,4)28(22)5)11-18(15)12-21-23(30)29(24(31)27-21)14-17-8-6-7-9-20(17)26/h6-12,16H,13-14H2,1-5H3,(H,27,31)/b21-12-/t16-/m1/s1. The molecule has 6 heteroatoms. The fraction of sp³-hybridized carbons (Fsp3) is 0.360. The Kier molecular flexibility index (Phi) is 5.12. The number of rotatable bonds is 3. The summed E-state index contributed by atoms with van der Waals surface area (Å²) in [4.78, 5) is 28.6. The van der Waals surface area contributed by atoms with Crippen LogP contribution in [0.25, 0.3) is 6.08 Å². The second-order valence-electron chi connectivity index (χ2n) is 9.22. The number of amides is 3. The van der Waals surface area contributed by atoms with Gasteiger partial charge in [-0.25, -0.2) is 9.18 Å². The van der Waals surface area contributed by atoms with Gasteiger partial charge in [-0.05, 0) is 74.1 Å². The summed E-state index contributed by atoms with van der Waals surface area (Å²) in [6.07, 6.45) is 2.76. The van der Waals surface area contributed by atoms with Crippen LogP contribution >= 0.6 is 0 Å². The summed E-state index contributed by atoms with van der Waals surface area (Å²) in [6.45, 7) is 8.61. The van der Waals surface area contributed by atoms with E-state index < -0.39 is 17.8 Å². The number of imide groups is 1. The van der Waals surface area contributed by atoms with Crippen LogP contribution in [0.2, 0.25) is 0 Å². The van der Waals surface area contributed by atoms with Crippen LogP contribution in [0, 0.1) is 12.7 Å². The maximum absolute atomic E-state index is 14.0. The van der Waals surface area contributed by atoms with E-state index in [1.807, 2.05) is 6.92 Å². The maximum atomic E-state index is 14.0. The lowest BCUT2D eigenvalue weighted by atomic mass is 9.79. The summed E-state index contributed by atoms with van der Waals surface area (Å²) in [6, 6.07) is 9.89. The third kappa shape index (κ3) is 3.71. The third-order valence-corrected chi connectivity index (χ3v) is 6.57. The third-order valence-electron chi connectivity index (χ3n) is 6.57. The Morgan fingerprint density at radius 2 is 1.94 bits per heavy atom. The lowest BCUT2D eigenvalue weighted by Crippen LogP contribution is -2.45. The van der Waals surface area contributed by atoms with Crippen molar-refractivity contribution in [1.82, 2.24) is 10.2 Å². The zero-order valence-corrected chi connectivity index (χ0v) is 18.6. The summed E-state index contributed by atoms with van der Waals surface area (Å²) in [7, 11) is 2.11. The predicted molar refractivity (Wildman–Crippen MR) is 120 cm³/mol. The Hall–Kier alpha value is -3.15. The molecular formula is C25H28FN3O2. The van der Waals surface area contributed by atoms with E-state index in [1.165, 1.54) is 17.3 Å². The Labute approximate surface area is 182 Å². The van der Waals surface area contributed by atoms with Gasteiger partial charge < -0.3 is 10.2 Å². The van der Waals surface area contributed by atoms with Crippen LogP contribution in [0.3, 0.4) is 0 Å². The largest absolute Gasteiger partial charge is 0.369 e. The number of hydrogen-bond donors (Lipinski definition) is 1. The number of urea groups is 1. The van der Waals surface area contributed by atoms with Crippen LogP contribution in [-0.2, 0) is 11.3 Å². The van der Waals surface area contributed by atoms with Gasteiger partial charge in [0.15, 0.2) is 0 Å². The van der Waals surface area contributed by atoms with Gasteiger partial charge >= 0.3 is 6.03 Å². The molecule has 3 amide bonds. The van der Waals surface area contributed by atoms with Crippen LogP contribution in [0.5, 0.6) is 0 Å². The first-order valence-corrected chi connectivity index (χ1v) is 10.5. The molecule has 5 nitrogen and oxygen atoms in total. The van der Waals surface area contributed by atoms with E-state index in [9.17, 15) is 14.0 Å². The topological polar surface area (TPSA) is 52.7 Å². The molecule has 162 valence electrons. The van der Waals surface area contributed by atoms with Crippen molar-refractivity contribution in [2.75, 3.05) is 11.9 Å². The van der Waals surface area contributed by atoms with Gasteiger partial charge in [0.2, 0.25) is 0 Å². The highest BCUT2D eigenvalue weighted by Gasteiger charge is 2.36. The molecule has 1 saturated heterocycles. The summed E-state index contributed by atoms with van der Waals surface area (Å²) in [5.41, 5.74) is 4.94. The number of halogens is 1. The first-order chi connectivity index (χ1) is 14.6. The minimum absolute atomic E-state index is 0.0709. The zero-order chi connectivity index (χ0) is 22.5. The number of aryl methyl sites for hydroxylation is 1. The van der Waals surface area contributed by atoms with Gasteiger partial charge in [-0.1, -0.05) is 25.1 Å². The Bertz CT molecular complexity index is 1110. The quantitative estimate of drug-likeness (QED) is 0.564. The van der Waals surface area contributed by atoms with Crippen molar-refractivity contribution in [2.45, 2.75) is 52.1 Å². The highest BCUT2D eigenvalue weighted by atomic mass is 19.1. The number of anilines is 1. The van der Waals surface area contributed by atoms with Gasteiger partial charge in [0.25, 0.3) is 5.91 Å². The molecule has 1 N–H and O–H groups in total. The van der Waals surface area contributed by atoms with Crippen molar-refractivity contribution < 1.29 is 14.0 Å². The average Bonchev–Trinajstić information content (AvgIpc) is 2.96. The second-order valence-corrected chi connectivity index (χ2v) is 9.22. The van der Waals surface area contributed by atoms with Crippen molar-refractivity contribution in [3.05, 3.63) is 70.2 Å². The monoisotopic (exact) mass is 421 g/mol. The summed E-state index contributed by atoms with van der Waals surface area (Å²) >= 11 is 0. The molecule has 4 rings (SSSR count). The number of fused-ring (bicyclic) bond motifs is 1. The average molecular weight is 422 g/mol. The van der Waals surface area contributed by atoms with Crippen molar-refractivity contribution in [2.24, 2.45) is 0 Å². The molecule has 0 aliphatic carbocycles. The van der Waals surface area contributed by atoms with Crippen molar-refractivity contribution in [3.63, 3.8) is 0 Å². The van der Waals surface area contributed by atoms with Crippen molar-refractivity contribution in [1.29, 1.82) is 0 Å². The lowest BCUT2D eigenvalue weighted by Gasteiger charge is -2.45. The summed E-state index contributed by atoms with van der Waals surface area (Å²) < 4.78 is 14.0. The van der Waals surface area contributed by atoms with Gasteiger partial charge in [-0.15, -0.1) is 0 Å². The zero-order valence-electron chi connectivity index (χ0n) is 18.6. The molecule has 0 spiro atoms. The van der Waals surface area contributed by atoms with Crippen molar-refractivity contribution >= 4 is 23.7 Å². The van der Waals surface area contributed by atoms with E-state index in [-0.39, 0.29) is 17.8 Å². The number of carbonyl (C=O) groups is 2. The van der Waals surface area contributed by atoms with Crippen LogP contribution in [0.15, 0.2) is 42.1 Å². The molecule has 0 unspecified atom stereocenters. The van der Waals surface area contributed by atoms with E-state index in [0.717, 1.165) is 22.4 Å². The maximum Gasteiger partial charge on any atom is 0.329 e. The lowest BCUT2D eigenvalue weighted by molar-refractivity contribution is -0.123. The minimum atomic E-state index is -0.537. The Morgan fingerprint density at radius 1 is 1.23 bits per heavy atom. The van der Waals surface area contributed by atoms with E-state index in [1.54, 1.807) is 24.3 Å². The van der Waals surface area contributed by atoms with Crippen LogP contribution in [0.1, 0.15) is 55.4 Å². The molecule has 0 radical (unpaired) electrons. The normalized spacial score (nSPS) is 21.5. The highest BCUT2D eigenvalue weighted by molar-refractivity contribution is 6.14. The SMILES string of the molecule is Cc1cc2c(cc1/C=C1\NC(=O)N(Cc3ccccc3F)C1=O)[C@H](C)CC(C)(C)N2C. The van der Waals surface area contributed by atoms with Crippen LogP contribution in [-0.4, -0.2) is 29.4 Å². The molecule has 31 heavy (non-hydrogen) atoms. The molecule has 2 aromatic rings. The van der Waals surface area contributed by atoms with E-state index in [0.29, 0.717) is 11.5 Å². The smallest absolute Gasteiger partial charge is 0.329 e. The number of nitrogens with one attached hydrogen (secondary N) is 1. The van der Waals surface area contributed by atoms with Gasteiger partial charge in [0.1, 0.15) is 11.5 Å². The molecule has 2 aliphatic rings. The minimum Gasteiger partial charge on any atom is -0.369 e. The van der Waals surface area contributed by atoms with Crippen LogP contribution in [0.4, 0.5) is 14.9 Å². The first kappa shape index (κ1) is 21.1. The molecule has 0 aromatic heterocycles. The van der Waals surface area contributed by atoms with Crippen molar-refractivity contribution in [3.8, 4) is 0 Å². The fourth-order valence-electron chi connectivity index (χ4n) is 4.56. The molecule has 0 saturated carbocycles. The molecule has 1 fully saturated rings.